The number of halogens is 1. The van der Waals surface area contributed by atoms with E-state index in [0.717, 1.165) is 29.4 Å². The number of hydrogen-bond donors (Lipinski definition) is 2. The number of nitrogens with zero attached hydrogens (tertiary/aromatic N) is 3. The lowest BCUT2D eigenvalue weighted by Gasteiger charge is -2.23. The lowest BCUT2D eigenvalue weighted by atomic mass is 10.1. The van der Waals surface area contributed by atoms with Crippen molar-refractivity contribution in [2.24, 2.45) is 5.92 Å². The number of hydrogen-bond acceptors (Lipinski definition) is 7. The number of benzene rings is 1. The van der Waals surface area contributed by atoms with Gasteiger partial charge in [0.05, 0.1) is 24.7 Å². The van der Waals surface area contributed by atoms with Crippen LogP contribution >= 0.6 is 11.6 Å². The van der Waals surface area contributed by atoms with Crippen LogP contribution in [-0.4, -0.2) is 37.3 Å². The molecule has 1 fully saturated rings. The molecule has 0 bridgehead atoms. The number of ether oxygens (including phenoxy) is 1. The Morgan fingerprint density at radius 2 is 2.07 bits per heavy atom. The van der Waals surface area contributed by atoms with Crippen molar-refractivity contribution in [3.8, 4) is 5.75 Å². The zero-order chi connectivity index (χ0) is 19.6. The molecule has 3 aromatic rings. The Morgan fingerprint density at radius 1 is 1.25 bits per heavy atom. The van der Waals surface area contributed by atoms with Crippen LogP contribution in [0.1, 0.15) is 12.8 Å². The van der Waals surface area contributed by atoms with E-state index < -0.39 is 9.73 Å². The third-order valence-corrected chi connectivity index (χ3v) is 6.85. The zero-order valence-corrected chi connectivity index (χ0v) is 16.7. The molecule has 3 heterocycles. The highest BCUT2D eigenvalue weighted by atomic mass is 35.5. The van der Waals surface area contributed by atoms with Crippen molar-refractivity contribution in [3.05, 3.63) is 48.1 Å². The highest BCUT2D eigenvalue weighted by Crippen LogP contribution is 2.28. The van der Waals surface area contributed by atoms with Gasteiger partial charge in [0.2, 0.25) is 5.28 Å². The van der Waals surface area contributed by atoms with E-state index in [1.807, 2.05) is 24.3 Å². The molecule has 0 spiro atoms. The molecule has 0 aliphatic carbocycles. The second-order valence-corrected chi connectivity index (χ2v) is 9.61. The maximum absolute atomic E-state index is 12.0. The van der Waals surface area contributed by atoms with Gasteiger partial charge in [-0.05, 0) is 54.1 Å². The molecule has 0 radical (unpaired) electrons. The number of pyridine rings is 1. The summed E-state index contributed by atoms with van der Waals surface area (Å²) in [5, 5.41) is 5.32. The largest absolute Gasteiger partial charge is 0.493 e. The predicted octanol–water partition coefficient (Wildman–Crippen LogP) is 4.26. The summed E-state index contributed by atoms with van der Waals surface area (Å²) in [4.78, 5) is 12.3. The normalized spacial score (nSPS) is 22.1. The van der Waals surface area contributed by atoms with Crippen LogP contribution in [0.25, 0.3) is 10.8 Å². The van der Waals surface area contributed by atoms with Gasteiger partial charge in [0, 0.05) is 38.7 Å². The lowest BCUT2D eigenvalue weighted by molar-refractivity contribution is 0.251. The van der Waals surface area contributed by atoms with Crippen LogP contribution in [0, 0.1) is 10.7 Å². The first kappa shape index (κ1) is 18.9. The van der Waals surface area contributed by atoms with Gasteiger partial charge in [0.15, 0.2) is 0 Å². The van der Waals surface area contributed by atoms with Crippen molar-refractivity contribution in [2.45, 2.75) is 12.8 Å². The van der Waals surface area contributed by atoms with Crippen LogP contribution in [0.15, 0.2) is 42.9 Å². The predicted molar refractivity (Wildman–Crippen MR) is 111 cm³/mol. The van der Waals surface area contributed by atoms with Crippen LogP contribution in [0.3, 0.4) is 0 Å². The molecule has 1 aliphatic rings. The minimum absolute atomic E-state index is 0.175. The average molecular weight is 418 g/mol. The third-order valence-electron chi connectivity index (χ3n) is 4.70. The van der Waals surface area contributed by atoms with Crippen molar-refractivity contribution in [3.63, 3.8) is 0 Å². The van der Waals surface area contributed by atoms with Gasteiger partial charge in [0.1, 0.15) is 11.6 Å². The molecule has 1 saturated heterocycles. The molecule has 1 unspecified atom stereocenters. The number of aromatic nitrogens is 3. The highest BCUT2D eigenvalue weighted by molar-refractivity contribution is 7.92. The maximum atomic E-state index is 12.0. The van der Waals surface area contributed by atoms with E-state index in [1.54, 1.807) is 18.6 Å². The van der Waals surface area contributed by atoms with Gasteiger partial charge in [-0.2, -0.15) is 0 Å². The first-order valence-electron chi connectivity index (χ1n) is 8.99. The number of anilines is 2. The summed E-state index contributed by atoms with van der Waals surface area (Å²) in [6.45, 7) is 0.486. The van der Waals surface area contributed by atoms with Crippen LogP contribution in [0.5, 0.6) is 5.75 Å². The standard InChI is InChI=1S/C19H20ClN5O2S/c20-19-23-9-15(10-24-19)25-18-17-4-3-16(8-14(17)5-6-22-18)27-11-13-2-1-7-28(21,26)12-13/h3-6,8-10,13,21H,1-2,7,11-12H2,(H,22,25)/t13-,28?/m0/s1. The summed E-state index contributed by atoms with van der Waals surface area (Å²) in [6, 6.07) is 7.73. The molecular formula is C19H20ClN5O2S. The Bertz CT molecular complexity index is 1090. The van der Waals surface area contributed by atoms with Crippen molar-refractivity contribution in [2.75, 3.05) is 23.4 Å². The topological polar surface area (TPSA) is 101 Å². The number of rotatable bonds is 5. The monoisotopic (exact) mass is 417 g/mol. The minimum Gasteiger partial charge on any atom is -0.493 e. The summed E-state index contributed by atoms with van der Waals surface area (Å²) in [5.74, 6) is 2.56. The maximum Gasteiger partial charge on any atom is 0.222 e. The quantitative estimate of drug-likeness (QED) is 0.601. The first-order chi connectivity index (χ1) is 13.5. The van der Waals surface area contributed by atoms with Crippen LogP contribution in [0.2, 0.25) is 5.28 Å². The molecule has 9 heteroatoms. The minimum atomic E-state index is -2.42. The van der Waals surface area contributed by atoms with Crippen LogP contribution in [0.4, 0.5) is 11.5 Å². The molecule has 0 amide bonds. The van der Waals surface area contributed by atoms with Gasteiger partial charge in [0.25, 0.3) is 0 Å². The second-order valence-electron chi connectivity index (χ2n) is 6.91. The summed E-state index contributed by atoms with van der Waals surface area (Å²) in [5.41, 5.74) is 0.695. The van der Waals surface area contributed by atoms with Crippen molar-refractivity contribution < 1.29 is 8.95 Å². The van der Waals surface area contributed by atoms with E-state index in [0.29, 0.717) is 29.6 Å². The molecule has 2 atom stereocenters. The van der Waals surface area contributed by atoms with Gasteiger partial charge in [-0.25, -0.2) is 19.2 Å². The van der Waals surface area contributed by atoms with Crippen molar-refractivity contribution in [1.29, 1.82) is 4.78 Å². The Labute approximate surface area is 168 Å². The average Bonchev–Trinajstić information content (AvgIpc) is 2.67. The number of fused-ring (bicyclic) bond motifs is 1. The molecule has 1 aromatic carbocycles. The highest BCUT2D eigenvalue weighted by Gasteiger charge is 2.22. The fourth-order valence-electron chi connectivity index (χ4n) is 3.36. The Kier molecular flexibility index (Phi) is 5.32. The van der Waals surface area contributed by atoms with Crippen LogP contribution < -0.4 is 10.1 Å². The second kappa shape index (κ2) is 7.89. The van der Waals surface area contributed by atoms with Crippen LogP contribution in [-0.2, 0) is 9.73 Å². The van der Waals surface area contributed by atoms with Crippen molar-refractivity contribution in [1.82, 2.24) is 15.0 Å². The third kappa shape index (κ3) is 4.51. The molecule has 0 saturated carbocycles. The van der Waals surface area contributed by atoms with E-state index in [9.17, 15) is 4.21 Å². The summed E-state index contributed by atoms with van der Waals surface area (Å²) in [6.07, 6.45) is 6.72. The van der Waals surface area contributed by atoms with Crippen molar-refractivity contribution >= 4 is 43.6 Å². The molecule has 2 aromatic heterocycles. The fourth-order valence-corrected chi connectivity index (χ4v) is 5.28. The summed E-state index contributed by atoms with van der Waals surface area (Å²) in [7, 11) is -2.42. The smallest absolute Gasteiger partial charge is 0.222 e. The Hall–Kier alpha value is -2.45. The molecule has 7 nitrogen and oxygen atoms in total. The summed E-state index contributed by atoms with van der Waals surface area (Å²) >= 11 is 5.72. The molecule has 146 valence electrons. The fraction of sp³-hybridized carbons (Fsp3) is 0.316. The van der Waals surface area contributed by atoms with E-state index in [4.69, 9.17) is 21.1 Å². The molecule has 28 heavy (non-hydrogen) atoms. The summed E-state index contributed by atoms with van der Waals surface area (Å²) < 4.78 is 25.7. The number of nitrogens with one attached hydrogen (secondary N) is 2. The molecular weight excluding hydrogens is 398 g/mol. The van der Waals surface area contributed by atoms with Gasteiger partial charge in [-0.15, -0.1) is 0 Å². The SMILES string of the molecule is N=S1(=O)CCC[C@@H](COc2ccc3c(Nc4cnc(Cl)nc4)nccc3c2)C1. The van der Waals surface area contributed by atoms with E-state index in [-0.39, 0.29) is 11.2 Å². The first-order valence-corrected chi connectivity index (χ1v) is 11.3. The van der Waals surface area contributed by atoms with Gasteiger partial charge >= 0.3 is 0 Å². The van der Waals surface area contributed by atoms with E-state index in [2.05, 4.69) is 20.3 Å². The zero-order valence-electron chi connectivity index (χ0n) is 15.1. The van der Waals surface area contributed by atoms with E-state index >= 15 is 0 Å². The van der Waals surface area contributed by atoms with Gasteiger partial charge in [-0.1, -0.05) is 0 Å². The molecule has 1 aliphatic heterocycles. The Morgan fingerprint density at radius 3 is 2.86 bits per heavy atom. The molecule has 2 N–H and O–H groups in total. The Balaban J connectivity index is 1.49. The van der Waals surface area contributed by atoms with Gasteiger partial charge in [-0.3, -0.25) is 4.78 Å². The van der Waals surface area contributed by atoms with Gasteiger partial charge < -0.3 is 10.1 Å². The molecule has 4 rings (SSSR count). The lowest BCUT2D eigenvalue weighted by Crippen LogP contribution is -2.28. The van der Waals surface area contributed by atoms with E-state index in [1.165, 1.54) is 0 Å².